The van der Waals surface area contributed by atoms with Crippen molar-refractivity contribution >= 4 is 126 Å². The highest BCUT2D eigenvalue weighted by atomic mass is 32.1. The Labute approximate surface area is 678 Å². The topological polar surface area (TPSA) is 6.48 Å². The average Bonchev–Trinajstić information content (AvgIpc) is 1.36. The second-order valence-electron chi connectivity index (χ2n) is 28.9. The maximum atomic E-state index is 16.6. The molecule has 0 aliphatic heterocycles. The summed E-state index contributed by atoms with van der Waals surface area (Å²) < 4.78 is 36.7. The van der Waals surface area contributed by atoms with Gasteiger partial charge in [-0.05, 0) is 179 Å². The van der Waals surface area contributed by atoms with E-state index in [-0.39, 0.29) is 11.1 Å². The van der Waals surface area contributed by atoms with Gasteiger partial charge < -0.3 is 9.80 Å². The fourth-order valence-electron chi connectivity index (χ4n) is 16.5. The molecular weight excluding hydrogens is 1460 g/mol. The normalized spacial score (nSPS) is 11.4. The molecule has 0 amide bonds. The van der Waals surface area contributed by atoms with Crippen LogP contribution in [0.25, 0.3) is 118 Å². The third-order valence-corrected chi connectivity index (χ3v) is 29.3. The van der Waals surface area contributed by atoms with E-state index in [1.807, 2.05) is 102 Å². The van der Waals surface area contributed by atoms with Crippen molar-refractivity contribution in [3.05, 3.63) is 461 Å². The average molecular weight is 1530 g/mol. The number of hydrogen-bond donors (Lipinski definition) is 0. The fourth-order valence-corrected chi connectivity index (χ4v) is 23.7. The quantitative estimate of drug-likeness (QED) is 0.0662. The van der Waals surface area contributed by atoms with E-state index in [9.17, 15) is 0 Å². The molecule has 0 bridgehead atoms. The number of anilines is 6. The molecule has 0 saturated heterocycles. The lowest BCUT2D eigenvalue weighted by molar-refractivity contribution is 0.606. The van der Waals surface area contributed by atoms with E-state index in [0.717, 1.165) is 76.6 Å². The molecule has 0 spiro atoms. The van der Waals surface area contributed by atoms with Crippen LogP contribution in [0.2, 0.25) is 0 Å². The number of benzene rings is 18. The molecule has 20 rings (SSSR count). The zero-order valence-electron chi connectivity index (χ0n) is 62.7. The molecule has 115 heavy (non-hydrogen) atoms. The van der Waals surface area contributed by atoms with Crippen LogP contribution in [0.3, 0.4) is 0 Å². The minimum absolute atomic E-state index is 0.227. The number of halogens is 2. The molecule has 0 unspecified atom stereocenters. The van der Waals surface area contributed by atoms with Gasteiger partial charge in [0.15, 0.2) is 8.07 Å². The van der Waals surface area contributed by atoms with Gasteiger partial charge in [-0.2, -0.15) is 0 Å². The van der Waals surface area contributed by atoms with Gasteiger partial charge in [0.1, 0.15) is 11.6 Å². The maximum absolute atomic E-state index is 16.6. The summed E-state index contributed by atoms with van der Waals surface area (Å²) in [5, 5.41) is 10.2. The van der Waals surface area contributed by atoms with E-state index in [2.05, 4.69) is 356 Å². The molecule has 0 aliphatic rings. The van der Waals surface area contributed by atoms with Crippen molar-refractivity contribution in [2.75, 3.05) is 9.80 Å². The van der Waals surface area contributed by atoms with E-state index >= 15 is 8.78 Å². The molecule has 0 atom stereocenters. The van der Waals surface area contributed by atoms with Gasteiger partial charge in [-0.3, -0.25) is 0 Å². The van der Waals surface area contributed by atoms with Gasteiger partial charge in [-0.1, -0.05) is 352 Å². The van der Waals surface area contributed by atoms with Crippen molar-refractivity contribution in [2.45, 2.75) is 0 Å². The SMILES string of the molecule is Fc1cc(-c2ccc(N(c3ccc(-c4ccccc4)cc3)c3ccc(-c4ccccc4)cc3)cc2)c(F)c(-c2cccc3c2sc2ccccc23)c1.c1ccc(-c2ccc(N(c3ccc(-c4ccccc4)cc3)c3ccc([Si](c4ccccc4)(c4ccccc4)c4cccc(-c5cccc6c5sc5ccccc56)c4)cc3)cc2)cc1. The molecule has 18 aromatic carbocycles. The summed E-state index contributed by atoms with van der Waals surface area (Å²) in [7, 11) is -2.88. The van der Waals surface area contributed by atoms with E-state index < -0.39 is 19.7 Å². The Bertz CT molecular complexity index is 6580. The Morgan fingerprint density at radius 3 is 0.870 bits per heavy atom. The molecule has 0 saturated carbocycles. The van der Waals surface area contributed by atoms with Gasteiger partial charge in [-0.15, -0.1) is 22.7 Å². The molecule has 0 aliphatic carbocycles. The van der Waals surface area contributed by atoms with E-state index in [1.165, 1.54) is 86.4 Å². The lowest BCUT2D eigenvalue weighted by Crippen LogP contribution is -2.74. The van der Waals surface area contributed by atoms with Crippen molar-refractivity contribution in [3.8, 4) is 77.9 Å². The molecule has 0 N–H and O–H groups in total. The first-order valence-corrected chi connectivity index (χ1v) is 42.4. The van der Waals surface area contributed by atoms with Crippen molar-refractivity contribution in [1.29, 1.82) is 0 Å². The molecule has 2 heterocycles. The highest BCUT2D eigenvalue weighted by Crippen LogP contribution is 2.46. The van der Waals surface area contributed by atoms with Crippen molar-refractivity contribution < 1.29 is 8.78 Å². The summed E-state index contributed by atoms with van der Waals surface area (Å²) >= 11 is 3.50. The van der Waals surface area contributed by atoms with E-state index in [1.54, 1.807) is 11.3 Å². The van der Waals surface area contributed by atoms with E-state index in [4.69, 9.17) is 0 Å². The van der Waals surface area contributed by atoms with Crippen LogP contribution in [0.1, 0.15) is 0 Å². The molecular formula is C108H74F2N2S2Si. The predicted octanol–water partition coefficient (Wildman–Crippen LogP) is 28.4. The van der Waals surface area contributed by atoms with Crippen LogP contribution >= 0.6 is 22.7 Å². The van der Waals surface area contributed by atoms with Gasteiger partial charge in [0.2, 0.25) is 0 Å². The minimum atomic E-state index is -2.88. The first-order chi connectivity index (χ1) is 56.8. The van der Waals surface area contributed by atoms with E-state index in [0.29, 0.717) is 11.1 Å². The second kappa shape index (κ2) is 31.7. The summed E-state index contributed by atoms with van der Waals surface area (Å²) in [6.45, 7) is 0. The van der Waals surface area contributed by atoms with Crippen LogP contribution in [0.5, 0.6) is 0 Å². The number of fused-ring (bicyclic) bond motifs is 6. The Morgan fingerprint density at radius 2 is 0.470 bits per heavy atom. The monoisotopic (exact) mass is 1530 g/mol. The van der Waals surface area contributed by atoms with Crippen LogP contribution < -0.4 is 30.5 Å². The molecule has 0 radical (unpaired) electrons. The largest absolute Gasteiger partial charge is 0.311 e. The number of nitrogens with zero attached hydrogens (tertiary/aromatic N) is 2. The lowest BCUT2D eigenvalue weighted by Gasteiger charge is -2.35. The summed E-state index contributed by atoms with van der Waals surface area (Å²) in [6.07, 6.45) is 0. The van der Waals surface area contributed by atoms with Crippen LogP contribution in [0.4, 0.5) is 42.9 Å². The molecule has 2 nitrogen and oxygen atoms in total. The van der Waals surface area contributed by atoms with Gasteiger partial charge in [0.05, 0.1) is 0 Å². The highest BCUT2D eigenvalue weighted by Gasteiger charge is 2.42. The zero-order valence-corrected chi connectivity index (χ0v) is 65.3. The van der Waals surface area contributed by atoms with Gasteiger partial charge >= 0.3 is 0 Å². The van der Waals surface area contributed by atoms with Crippen LogP contribution in [-0.4, -0.2) is 8.07 Å². The van der Waals surface area contributed by atoms with Crippen molar-refractivity contribution in [2.24, 2.45) is 0 Å². The molecule has 0 fully saturated rings. The minimum Gasteiger partial charge on any atom is -0.311 e. The molecule has 20 aromatic rings. The molecule has 546 valence electrons. The number of thiophene rings is 2. The summed E-state index contributed by atoms with van der Waals surface area (Å²) in [5.74, 6) is -0.920. The van der Waals surface area contributed by atoms with Crippen LogP contribution in [-0.2, 0) is 0 Å². The summed E-state index contributed by atoms with van der Waals surface area (Å²) in [4.78, 5) is 4.57. The first-order valence-electron chi connectivity index (χ1n) is 38.8. The predicted molar refractivity (Wildman–Crippen MR) is 490 cm³/mol. The molecule has 7 heteroatoms. The summed E-state index contributed by atoms with van der Waals surface area (Å²) in [6, 6.07) is 158. The van der Waals surface area contributed by atoms with Crippen molar-refractivity contribution in [3.63, 3.8) is 0 Å². The third-order valence-electron chi connectivity index (χ3n) is 22.1. The Kier molecular flexibility index (Phi) is 19.7. The molecule has 2 aromatic heterocycles. The Morgan fingerprint density at radius 1 is 0.191 bits per heavy atom. The first kappa shape index (κ1) is 71.4. The van der Waals surface area contributed by atoms with Crippen LogP contribution in [0.15, 0.2) is 449 Å². The lowest BCUT2D eigenvalue weighted by atomic mass is 9.96. The Hall–Kier alpha value is -13.9. The maximum Gasteiger partial charge on any atom is 0.179 e. The summed E-state index contributed by atoms with van der Waals surface area (Å²) in [5.41, 5.74) is 19.8. The zero-order chi connectivity index (χ0) is 77.0. The van der Waals surface area contributed by atoms with Gasteiger partial charge in [0, 0.05) is 91.2 Å². The fraction of sp³-hybridized carbons (Fsp3) is 0. The Balaban J connectivity index is 0.000000157. The highest BCUT2D eigenvalue weighted by molar-refractivity contribution is 7.27. The third kappa shape index (κ3) is 14.0. The van der Waals surface area contributed by atoms with Crippen molar-refractivity contribution in [1.82, 2.24) is 0 Å². The number of hydrogen-bond acceptors (Lipinski definition) is 4. The number of rotatable bonds is 17. The van der Waals surface area contributed by atoms with Crippen LogP contribution in [0, 0.1) is 11.6 Å². The van der Waals surface area contributed by atoms with Gasteiger partial charge in [0.25, 0.3) is 0 Å². The smallest absolute Gasteiger partial charge is 0.179 e. The second-order valence-corrected chi connectivity index (χ2v) is 34.8. The van der Waals surface area contributed by atoms with Gasteiger partial charge in [-0.25, -0.2) is 8.78 Å². The standard InChI is InChI=1S/C60H43NSSi.C48H31F2NS/c1-5-17-44(18-6-1)46-31-35-49(36-32-46)61(50-37-33-47(34-38-50)45-19-7-2-8-20-45)51-39-41-54(42-40-51)63(52-22-9-3-10-23-52,53-24-11-4-12-25-53)55-26-15-21-48(43-55)56-28-16-29-58-57-27-13-14-30-59(57)62-60(56)58;49-37-30-44(47(50)45(31-37)43-16-9-15-42-41-14-7-8-17-46(41)52-48(42)43)36-22-28-40(29-23-36)51(38-24-18-34(19-25-38)32-10-3-1-4-11-32)39-26-20-35(21-27-39)33-12-5-2-6-13-33/h1-43H;1-31H.